The van der Waals surface area contributed by atoms with Crippen LogP contribution in [0.25, 0.3) is 22.3 Å². The summed E-state index contributed by atoms with van der Waals surface area (Å²) in [7, 11) is 0. The van der Waals surface area contributed by atoms with Crippen LogP contribution < -0.4 is 0 Å². The molecule has 6 nitrogen and oxygen atoms in total. The molecule has 6 heteroatoms. The molecule has 0 fully saturated rings. The van der Waals surface area contributed by atoms with E-state index in [9.17, 15) is 15.0 Å². The summed E-state index contributed by atoms with van der Waals surface area (Å²) in [5.41, 5.74) is 2.91. The molecule has 152 valence electrons. The molecular weight excluding hydrogens is 380 g/mol. The van der Waals surface area contributed by atoms with Gasteiger partial charge in [-0.3, -0.25) is 0 Å². The number of carbonyl (C=O) groups excluding carboxylic acids is 1. The van der Waals surface area contributed by atoms with E-state index in [1.54, 1.807) is 19.1 Å². The van der Waals surface area contributed by atoms with Crippen molar-refractivity contribution in [2.24, 2.45) is 10.2 Å². The van der Waals surface area contributed by atoms with E-state index in [-0.39, 0.29) is 23.8 Å². The van der Waals surface area contributed by atoms with Crippen LogP contribution in [0.1, 0.15) is 13.8 Å². The molecule has 0 heterocycles. The number of benzene rings is 3. The quantitative estimate of drug-likeness (QED) is 0.223. The van der Waals surface area contributed by atoms with Gasteiger partial charge in [0.25, 0.3) is 0 Å². The van der Waals surface area contributed by atoms with E-state index in [1.165, 1.54) is 6.92 Å². The molecule has 3 aromatic rings. The number of nitrogens with zero attached hydrogens (tertiary/aromatic N) is 2. The Hall–Kier alpha value is -3.93. The van der Waals surface area contributed by atoms with Crippen LogP contribution >= 0.6 is 0 Å². The number of allylic oxidation sites excluding steroid dienone is 1. The summed E-state index contributed by atoms with van der Waals surface area (Å²) in [6.45, 7) is 3.16. The number of phenols is 1. The zero-order valence-corrected chi connectivity index (χ0v) is 16.7. The fourth-order valence-corrected chi connectivity index (χ4v) is 2.92. The number of azo groups is 1. The van der Waals surface area contributed by atoms with Gasteiger partial charge >= 0.3 is 5.97 Å². The molecule has 3 aromatic carbocycles. The smallest absolute Gasteiger partial charge is 0.362 e. The molecule has 0 unspecified atom stereocenters. The van der Waals surface area contributed by atoms with Crippen molar-refractivity contribution in [2.45, 2.75) is 13.8 Å². The molecule has 3 rings (SSSR count). The van der Waals surface area contributed by atoms with E-state index >= 15 is 0 Å². The zero-order chi connectivity index (χ0) is 21.5. The number of hydrogen-bond donors (Lipinski definition) is 2. The Morgan fingerprint density at radius 1 is 0.933 bits per heavy atom. The second-order valence-corrected chi connectivity index (χ2v) is 6.48. The predicted molar refractivity (Wildman–Crippen MR) is 115 cm³/mol. The summed E-state index contributed by atoms with van der Waals surface area (Å²) < 4.78 is 4.91. The van der Waals surface area contributed by atoms with Gasteiger partial charge in [-0.25, -0.2) is 4.79 Å². The highest BCUT2D eigenvalue weighted by Gasteiger charge is 2.16. The van der Waals surface area contributed by atoms with Gasteiger partial charge in [0.2, 0.25) is 5.70 Å². The van der Waals surface area contributed by atoms with Gasteiger partial charge in [0.15, 0.2) is 0 Å². The Kier molecular flexibility index (Phi) is 6.60. The van der Waals surface area contributed by atoms with Crippen LogP contribution in [0.3, 0.4) is 0 Å². The van der Waals surface area contributed by atoms with E-state index in [4.69, 9.17) is 4.74 Å². The Balaban J connectivity index is 2.13. The summed E-state index contributed by atoms with van der Waals surface area (Å²) in [5, 5.41) is 28.8. The number of hydrogen-bond acceptors (Lipinski definition) is 6. The molecule has 0 aliphatic carbocycles. The van der Waals surface area contributed by atoms with Gasteiger partial charge in [0.05, 0.1) is 12.3 Å². The first-order valence-corrected chi connectivity index (χ1v) is 9.47. The minimum atomic E-state index is -0.758. The first kappa shape index (κ1) is 20.8. The maximum absolute atomic E-state index is 12.0. The normalized spacial score (nSPS) is 11.9. The fourth-order valence-electron chi connectivity index (χ4n) is 2.92. The largest absolute Gasteiger partial charge is 0.510 e. The monoisotopic (exact) mass is 402 g/mol. The highest BCUT2D eigenvalue weighted by Crippen LogP contribution is 2.41. The Bertz CT molecular complexity index is 1030. The third-order valence-electron chi connectivity index (χ3n) is 4.34. The van der Waals surface area contributed by atoms with Crippen molar-refractivity contribution < 1.29 is 19.7 Å². The van der Waals surface area contributed by atoms with Crippen molar-refractivity contribution in [2.75, 3.05) is 6.61 Å². The Morgan fingerprint density at radius 3 is 1.87 bits per heavy atom. The molecule has 2 N–H and O–H groups in total. The van der Waals surface area contributed by atoms with Crippen molar-refractivity contribution in [1.29, 1.82) is 0 Å². The zero-order valence-electron chi connectivity index (χ0n) is 16.7. The number of aliphatic hydroxyl groups is 1. The second kappa shape index (κ2) is 9.52. The maximum Gasteiger partial charge on any atom is 0.362 e. The molecule has 30 heavy (non-hydrogen) atoms. The molecule has 0 aliphatic rings. The summed E-state index contributed by atoms with van der Waals surface area (Å²) in [4.78, 5) is 12.0. The topological polar surface area (TPSA) is 91.5 Å². The van der Waals surface area contributed by atoms with Gasteiger partial charge in [-0.15, -0.1) is 5.11 Å². The fraction of sp³-hybridized carbons (Fsp3) is 0.125. The lowest BCUT2D eigenvalue weighted by Gasteiger charge is -2.12. The molecule has 0 radical (unpaired) electrons. The van der Waals surface area contributed by atoms with Gasteiger partial charge in [-0.05, 0) is 37.1 Å². The summed E-state index contributed by atoms with van der Waals surface area (Å²) in [6.07, 6.45) is 0. The molecule has 0 bridgehead atoms. The van der Waals surface area contributed by atoms with Crippen LogP contribution in [-0.2, 0) is 9.53 Å². The Labute approximate surface area is 174 Å². The highest BCUT2D eigenvalue weighted by molar-refractivity contribution is 5.88. The number of carbonyl (C=O) groups is 1. The number of esters is 1. The first-order valence-electron chi connectivity index (χ1n) is 9.47. The number of ether oxygens (including phenoxy) is 1. The van der Waals surface area contributed by atoms with Gasteiger partial charge < -0.3 is 14.9 Å². The number of phenolic OH excluding ortho intramolecular Hbond substituents is 1. The van der Waals surface area contributed by atoms with Crippen LogP contribution in [0.4, 0.5) is 5.69 Å². The van der Waals surface area contributed by atoms with Crippen molar-refractivity contribution in [1.82, 2.24) is 0 Å². The van der Waals surface area contributed by atoms with Crippen molar-refractivity contribution in [3.8, 4) is 28.0 Å². The molecular formula is C24H22N2O4. The standard InChI is InChI=1S/C24H22N2O4/c1-3-30-24(29)22(16(2)27)26-25-19-14-20(17-10-6-4-7-11-17)23(28)21(15-19)18-12-8-5-9-13-18/h4-15,27-28H,3H2,1-2H3/b22-16-,26-25?. The summed E-state index contributed by atoms with van der Waals surface area (Å²) in [5.74, 6) is -0.931. The highest BCUT2D eigenvalue weighted by atomic mass is 16.5. The predicted octanol–water partition coefficient (Wildman–Crippen LogP) is 6.16. The summed E-state index contributed by atoms with van der Waals surface area (Å²) >= 11 is 0. The average molecular weight is 402 g/mol. The van der Waals surface area contributed by atoms with Gasteiger partial charge in [-0.1, -0.05) is 60.7 Å². The minimum absolute atomic E-state index is 0.117. The third-order valence-corrected chi connectivity index (χ3v) is 4.34. The molecule has 0 atom stereocenters. The van der Waals surface area contributed by atoms with Crippen LogP contribution in [-0.4, -0.2) is 22.8 Å². The van der Waals surface area contributed by atoms with Crippen LogP contribution in [0.2, 0.25) is 0 Å². The van der Waals surface area contributed by atoms with Crippen LogP contribution in [0.15, 0.2) is 94.5 Å². The third kappa shape index (κ3) is 4.72. The van der Waals surface area contributed by atoms with Crippen molar-refractivity contribution in [3.63, 3.8) is 0 Å². The van der Waals surface area contributed by atoms with Crippen LogP contribution in [0.5, 0.6) is 5.75 Å². The average Bonchev–Trinajstić information content (AvgIpc) is 2.76. The lowest BCUT2D eigenvalue weighted by atomic mass is 9.96. The lowest BCUT2D eigenvalue weighted by molar-refractivity contribution is -0.138. The lowest BCUT2D eigenvalue weighted by Crippen LogP contribution is -2.07. The van der Waals surface area contributed by atoms with Gasteiger partial charge in [-0.2, -0.15) is 5.11 Å². The van der Waals surface area contributed by atoms with Crippen molar-refractivity contribution in [3.05, 3.63) is 84.3 Å². The van der Waals surface area contributed by atoms with E-state index in [0.717, 1.165) is 11.1 Å². The maximum atomic E-state index is 12.0. The molecule has 0 aliphatic heterocycles. The van der Waals surface area contributed by atoms with E-state index in [1.807, 2.05) is 60.7 Å². The second-order valence-electron chi connectivity index (χ2n) is 6.48. The number of aromatic hydroxyl groups is 1. The van der Waals surface area contributed by atoms with Crippen LogP contribution in [0, 0.1) is 0 Å². The minimum Gasteiger partial charge on any atom is -0.510 e. The summed E-state index contributed by atoms with van der Waals surface area (Å²) in [6, 6.07) is 22.2. The first-order chi connectivity index (χ1) is 14.5. The van der Waals surface area contributed by atoms with Gasteiger partial charge in [0.1, 0.15) is 11.5 Å². The van der Waals surface area contributed by atoms with E-state index in [0.29, 0.717) is 16.8 Å². The van der Waals surface area contributed by atoms with E-state index in [2.05, 4.69) is 10.2 Å². The SMILES string of the molecule is CCOC(=O)/C(N=Nc1cc(-c2ccccc2)c(O)c(-c2ccccc2)c1)=C(\C)O. The van der Waals surface area contributed by atoms with Crippen molar-refractivity contribution >= 4 is 11.7 Å². The molecule has 0 spiro atoms. The molecule has 0 saturated heterocycles. The van der Waals surface area contributed by atoms with Gasteiger partial charge in [0, 0.05) is 11.1 Å². The Morgan fingerprint density at radius 2 is 1.43 bits per heavy atom. The number of aliphatic hydroxyl groups excluding tert-OH is 1. The number of rotatable bonds is 6. The molecule has 0 saturated carbocycles. The molecule has 0 amide bonds. The molecule has 0 aromatic heterocycles. The van der Waals surface area contributed by atoms with E-state index < -0.39 is 5.97 Å².